The minimum atomic E-state index is -1.91. The number of halogens is 1. The lowest BCUT2D eigenvalue weighted by molar-refractivity contribution is -0.143. The highest BCUT2D eigenvalue weighted by Gasteiger charge is 2.45. The summed E-state index contributed by atoms with van der Waals surface area (Å²) in [5, 5.41) is 62.7. The highest BCUT2D eigenvalue weighted by molar-refractivity contribution is 6.00. The molecule has 12 atom stereocenters. The Bertz CT molecular complexity index is 4080. The number of rotatable bonds is 46. The van der Waals surface area contributed by atoms with Crippen molar-refractivity contribution >= 4 is 105 Å². The topological polar surface area (TPSA) is 603 Å². The Morgan fingerprint density at radius 2 is 1.16 bits per heavy atom. The molecule has 0 spiro atoms. The lowest BCUT2D eigenvalue weighted by Crippen LogP contribution is -2.61. The van der Waals surface area contributed by atoms with Gasteiger partial charge >= 0.3 is 0 Å². The molecule has 4 heterocycles. The number of carbonyl (C=O) groups is 15. The van der Waals surface area contributed by atoms with Gasteiger partial charge in [0.25, 0.3) is 0 Å². The fraction of sp³-hybridized carbons (Fsp3) is 0.602. The fourth-order valence-electron chi connectivity index (χ4n) is 14.4. The predicted molar refractivity (Wildman–Crippen MR) is 449 cm³/mol. The van der Waals surface area contributed by atoms with Crippen LogP contribution in [0.5, 0.6) is 0 Å². The zero-order valence-corrected chi connectivity index (χ0v) is 69.8. The molecule has 672 valence electrons. The number of unbranched alkanes of at least 4 members (excludes halogenated alkanes) is 13. The number of aliphatic hydroxyl groups is 2. The molecule has 0 bridgehead atoms. The number of aromatic nitrogens is 3. The minimum Gasteiger partial charge on any atom is -0.394 e. The van der Waals surface area contributed by atoms with Crippen molar-refractivity contribution in [2.75, 3.05) is 39.4 Å². The van der Waals surface area contributed by atoms with Crippen LogP contribution in [-0.4, -0.2) is 237 Å². The molecule has 1 unspecified atom stereocenters. The number of guanidine groups is 1. The molecule has 39 heteroatoms. The van der Waals surface area contributed by atoms with Crippen LogP contribution in [-0.2, 0) is 91.2 Å². The van der Waals surface area contributed by atoms with Crippen LogP contribution in [0, 0.1) is 5.41 Å². The molecule has 24 N–H and O–H groups in total. The molecule has 38 nitrogen and oxygen atoms in total. The second kappa shape index (κ2) is 53.9. The number of alkyl halides is 1. The van der Waals surface area contributed by atoms with E-state index in [1.165, 1.54) is 63.9 Å². The zero-order chi connectivity index (χ0) is 88.9. The van der Waals surface area contributed by atoms with Gasteiger partial charge in [0.1, 0.15) is 72.6 Å². The van der Waals surface area contributed by atoms with Crippen LogP contribution in [0.15, 0.2) is 73.3 Å². The smallest absolute Gasteiger partial charge is 0.245 e. The third kappa shape index (κ3) is 35.2. The first-order valence-corrected chi connectivity index (χ1v) is 42.6. The summed E-state index contributed by atoms with van der Waals surface area (Å²) >= 11 is 0. The predicted octanol–water partition coefficient (Wildman–Crippen LogP) is -0.427. The van der Waals surface area contributed by atoms with Crippen molar-refractivity contribution in [2.45, 2.75) is 279 Å². The van der Waals surface area contributed by atoms with Gasteiger partial charge in [-0.1, -0.05) is 152 Å². The molecule has 2 aliphatic heterocycles. The first-order chi connectivity index (χ1) is 58.6. The maximum atomic E-state index is 16.2. The number of hydrogen-bond acceptors (Lipinski definition) is 19. The minimum absolute atomic E-state index is 0.0305. The maximum Gasteiger partial charge on any atom is 0.245 e. The molecule has 2 aliphatic rings. The van der Waals surface area contributed by atoms with E-state index in [2.05, 4.69) is 91.0 Å². The fourth-order valence-corrected chi connectivity index (χ4v) is 14.4. The van der Waals surface area contributed by atoms with E-state index in [1.807, 2.05) is 6.07 Å². The number of aromatic amines is 2. The van der Waals surface area contributed by atoms with E-state index in [4.69, 9.17) is 22.6 Å². The molecule has 2 fully saturated rings. The molecule has 0 saturated carbocycles. The number of amides is 15. The number of nitrogens with one attached hydrogen (secondary N) is 16. The number of nitrogens with zero attached hydrogens (tertiary/aromatic N) is 2. The molecule has 0 radical (unpaired) electrons. The van der Waals surface area contributed by atoms with Crippen LogP contribution >= 0.6 is 0 Å². The summed E-state index contributed by atoms with van der Waals surface area (Å²) in [5.41, 5.74) is 18.9. The number of imidazole rings is 1. The summed E-state index contributed by atoms with van der Waals surface area (Å²) in [4.78, 5) is 222. The zero-order valence-electron chi connectivity index (χ0n) is 69.8. The van der Waals surface area contributed by atoms with Crippen molar-refractivity contribution in [2.24, 2.45) is 17.2 Å². The van der Waals surface area contributed by atoms with Crippen molar-refractivity contribution in [1.29, 1.82) is 5.41 Å². The van der Waals surface area contributed by atoms with Gasteiger partial charge in [0.05, 0.1) is 32.6 Å². The standard InChI is InChI=1S/C83H126FN21O17/c1-3-5-7-8-9-10-11-12-13-14-15-16-20-33-69(109)93-46-71(111)95-65(48-106)79(119)99-60(34-36-68(85)108)75(115)102-64(43-54-45-89-50-94-54)78(118)104-66(49-107)80(120)98-58(29-6-4-2)73(113)100-61-35-37-70(110)90-38-24-23-31-57(72(86)112)96-77(117)63(41-52-44-92-56-30-22-21-28-55(52)56)101-74(114)59(32-25-39-91-83(87)88)97-76(116)62(40-51-26-18-17-19-27-51)103-81(121)67-42-53(84)47-105(67)82(61)122/h17-19,21-22,26-28,30,44-45,50,53,57-67,92,106-107H,3-16,20,23-25,29,31-43,46-49H2,1-2H3,(H2,85,108)(H2,86,112)(H,89,94)(H,90,110)(H,93,109)(H,95,111)(H,96,117)(H,97,116)(H,98,120)(H,99,119)(H,100,113)(H,101,114)(H,102,115)(H,103,121)(H,104,118)(H4,87,88,91)/t53?,57-,58-,59-,60-,61-,62+,63-,64-,65-,66-,67-/m0/s1. The molecule has 2 saturated heterocycles. The summed E-state index contributed by atoms with van der Waals surface area (Å²) in [6.45, 7) is 0.545. The summed E-state index contributed by atoms with van der Waals surface area (Å²) in [6, 6.07) is -2.31. The highest BCUT2D eigenvalue weighted by Crippen LogP contribution is 2.25. The number of carbonyl (C=O) groups excluding carboxylic acids is 15. The monoisotopic (exact) mass is 1710 g/mol. The lowest BCUT2D eigenvalue weighted by atomic mass is 10.0. The van der Waals surface area contributed by atoms with Crippen molar-refractivity contribution in [1.82, 2.24) is 89.0 Å². The summed E-state index contributed by atoms with van der Waals surface area (Å²) in [5.74, 6) is -14.5. The van der Waals surface area contributed by atoms with E-state index < -0.39 is 226 Å². The van der Waals surface area contributed by atoms with Gasteiger partial charge in [-0.3, -0.25) is 77.3 Å². The first kappa shape index (κ1) is 99.2. The second-order valence-electron chi connectivity index (χ2n) is 31.1. The number of H-pyrrole nitrogens is 2. The highest BCUT2D eigenvalue weighted by atomic mass is 19.1. The van der Waals surface area contributed by atoms with Crippen LogP contribution in [0.4, 0.5) is 4.39 Å². The Labute approximate surface area is 709 Å². The number of nitrogens with two attached hydrogens (primary N) is 3. The quantitative estimate of drug-likeness (QED) is 0.0152. The van der Waals surface area contributed by atoms with Crippen LogP contribution in [0.1, 0.15) is 204 Å². The summed E-state index contributed by atoms with van der Waals surface area (Å²) in [6.07, 6.45) is 14.3. The van der Waals surface area contributed by atoms with E-state index >= 15 is 9.18 Å². The Balaban J connectivity index is 1.19. The molecule has 2 aromatic heterocycles. The van der Waals surface area contributed by atoms with Crippen molar-refractivity contribution in [3.63, 3.8) is 0 Å². The van der Waals surface area contributed by atoms with Crippen LogP contribution < -0.4 is 86.3 Å². The third-order valence-corrected chi connectivity index (χ3v) is 21.3. The number of benzene rings is 2. The number of fused-ring (bicyclic) bond motifs is 2. The van der Waals surface area contributed by atoms with Gasteiger partial charge in [-0.25, -0.2) is 9.37 Å². The lowest BCUT2D eigenvalue weighted by Gasteiger charge is -2.31. The first-order valence-electron chi connectivity index (χ1n) is 42.6. The average molecular weight is 1710 g/mol. The van der Waals surface area contributed by atoms with Crippen LogP contribution in [0.25, 0.3) is 10.9 Å². The van der Waals surface area contributed by atoms with E-state index in [1.54, 1.807) is 61.7 Å². The molecule has 6 rings (SSSR count). The van der Waals surface area contributed by atoms with Gasteiger partial charge in [-0.05, 0) is 75.0 Å². The van der Waals surface area contributed by atoms with Gasteiger partial charge in [-0.15, -0.1) is 0 Å². The normalized spacial score (nSPS) is 19.6. The molecule has 122 heavy (non-hydrogen) atoms. The van der Waals surface area contributed by atoms with Gasteiger partial charge in [0.15, 0.2) is 5.96 Å². The number of hydrogen-bond donors (Lipinski definition) is 21. The van der Waals surface area contributed by atoms with Gasteiger partial charge in [-0.2, -0.15) is 0 Å². The van der Waals surface area contributed by atoms with Crippen molar-refractivity contribution < 1.29 is 86.5 Å². The Morgan fingerprint density at radius 3 is 1.80 bits per heavy atom. The van der Waals surface area contributed by atoms with E-state index in [0.29, 0.717) is 34.9 Å². The second-order valence-corrected chi connectivity index (χ2v) is 31.1. The average Bonchev–Trinajstić information content (AvgIpc) is 1.70. The molecular weight excluding hydrogens is 1580 g/mol. The number of aliphatic hydroxyl groups excluding tert-OH is 2. The van der Waals surface area contributed by atoms with Crippen LogP contribution in [0.3, 0.4) is 0 Å². The summed E-state index contributed by atoms with van der Waals surface area (Å²) in [7, 11) is 0. The van der Waals surface area contributed by atoms with Gasteiger partial charge in [0.2, 0.25) is 88.6 Å². The molecular formula is C83H126FN21O17. The van der Waals surface area contributed by atoms with Gasteiger partial charge < -0.3 is 111 Å². The SMILES string of the molecule is CCCCCCCCCCCCCCCC(=O)NCC(=O)N[C@@H](CO)C(=O)N[C@@H](CCC(N)=O)C(=O)N[C@@H](Cc1cnc[nH]1)C(=O)N[C@@H](CO)C(=O)N[C@@H](CCCC)C(=O)N[C@H]1CCC(=O)NCCCC[C@@H](C(N)=O)NC(=O)[C@H](Cc2c[nH]c3ccccc23)NC(=O)[C@H](CCCNC(=N)N)NC(=O)[C@@H](Cc2ccccc2)NC(=O)[C@@H]2CC(F)CN2C1=O. The van der Waals surface area contributed by atoms with E-state index in [9.17, 15) is 77.3 Å². The van der Waals surface area contributed by atoms with Crippen molar-refractivity contribution in [3.8, 4) is 0 Å². The maximum absolute atomic E-state index is 16.2. The number of para-hydroxylation sites is 1. The molecule has 4 aromatic rings. The Hall–Kier alpha value is -11.6. The molecule has 15 amide bonds. The largest absolute Gasteiger partial charge is 0.394 e. The van der Waals surface area contributed by atoms with E-state index in [-0.39, 0.29) is 89.0 Å². The Kier molecular flexibility index (Phi) is 43.8. The molecule has 2 aromatic carbocycles. The van der Waals surface area contributed by atoms with E-state index in [0.717, 1.165) is 30.6 Å². The number of primary amides is 2. The Morgan fingerprint density at radius 1 is 0.590 bits per heavy atom. The van der Waals surface area contributed by atoms with Gasteiger partial charge in [0, 0.05) is 87.0 Å². The molecule has 0 aliphatic carbocycles. The third-order valence-electron chi connectivity index (χ3n) is 21.3. The van der Waals surface area contributed by atoms with Crippen molar-refractivity contribution in [3.05, 3.63) is 90.1 Å². The van der Waals surface area contributed by atoms with Crippen LogP contribution in [0.2, 0.25) is 0 Å². The summed E-state index contributed by atoms with van der Waals surface area (Å²) < 4.78 is 16.2.